The minimum absolute atomic E-state index is 0.211. The van der Waals surface area contributed by atoms with Crippen LogP contribution in [-0.4, -0.2) is 18.2 Å². The third kappa shape index (κ3) is 3.73. The SMILES string of the molecule is CC1(OC(F)F)CC(C(=O)OCc2ccccc2)C1. The molecule has 1 aromatic carbocycles. The third-order valence-electron chi connectivity index (χ3n) is 3.29. The first-order chi connectivity index (χ1) is 8.98. The van der Waals surface area contributed by atoms with Crippen molar-refractivity contribution in [2.45, 2.75) is 38.6 Å². The molecule has 5 heteroatoms. The Bertz CT molecular complexity index is 428. The molecule has 0 bridgehead atoms. The number of hydrogen-bond acceptors (Lipinski definition) is 3. The third-order valence-corrected chi connectivity index (χ3v) is 3.29. The van der Waals surface area contributed by atoms with Crippen LogP contribution in [-0.2, 0) is 20.9 Å². The molecule has 1 aromatic rings. The van der Waals surface area contributed by atoms with Gasteiger partial charge in [0, 0.05) is 0 Å². The summed E-state index contributed by atoms with van der Waals surface area (Å²) >= 11 is 0. The number of carbonyl (C=O) groups is 1. The standard InChI is InChI=1S/C14H16F2O3/c1-14(19-13(15)16)7-11(8-14)12(17)18-9-10-5-3-2-4-6-10/h2-6,11,13H,7-9H2,1H3. The minimum Gasteiger partial charge on any atom is -0.461 e. The normalized spacial score (nSPS) is 26.0. The second kappa shape index (κ2) is 5.65. The predicted molar refractivity (Wildman–Crippen MR) is 64.5 cm³/mol. The smallest absolute Gasteiger partial charge is 0.345 e. The zero-order chi connectivity index (χ0) is 13.9. The molecule has 0 saturated heterocycles. The lowest BCUT2D eigenvalue weighted by Crippen LogP contribution is -2.48. The summed E-state index contributed by atoms with van der Waals surface area (Å²) in [5.74, 6) is -0.688. The molecule has 19 heavy (non-hydrogen) atoms. The Morgan fingerprint density at radius 2 is 2.00 bits per heavy atom. The summed E-state index contributed by atoms with van der Waals surface area (Å²) in [6.07, 6.45) is 0.565. The summed E-state index contributed by atoms with van der Waals surface area (Å²) in [5.41, 5.74) is 0.00620. The fraction of sp³-hybridized carbons (Fsp3) is 0.500. The molecule has 0 radical (unpaired) electrons. The molecular formula is C14H16F2O3. The highest BCUT2D eigenvalue weighted by molar-refractivity contribution is 5.74. The Morgan fingerprint density at radius 3 is 2.58 bits per heavy atom. The number of carbonyl (C=O) groups excluding carboxylic acids is 1. The largest absolute Gasteiger partial charge is 0.461 e. The second-order valence-electron chi connectivity index (χ2n) is 5.03. The van der Waals surface area contributed by atoms with Crippen LogP contribution in [0.1, 0.15) is 25.3 Å². The fourth-order valence-electron chi connectivity index (χ4n) is 2.31. The maximum Gasteiger partial charge on any atom is 0.345 e. The Hall–Kier alpha value is -1.49. The summed E-state index contributed by atoms with van der Waals surface area (Å²) in [5, 5.41) is 0. The van der Waals surface area contributed by atoms with Crippen LogP contribution in [0.25, 0.3) is 0 Å². The van der Waals surface area contributed by atoms with Crippen LogP contribution in [0.3, 0.4) is 0 Å². The van der Waals surface area contributed by atoms with Crippen molar-refractivity contribution in [3.63, 3.8) is 0 Å². The van der Waals surface area contributed by atoms with Crippen molar-refractivity contribution in [2.24, 2.45) is 5.92 Å². The van der Waals surface area contributed by atoms with Gasteiger partial charge in [-0.15, -0.1) is 0 Å². The number of rotatable bonds is 5. The molecule has 1 saturated carbocycles. The Labute approximate surface area is 110 Å². The van der Waals surface area contributed by atoms with Gasteiger partial charge in [-0.2, -0.15) is 8.78 Å². The van der Waals surface area contributed by atoms with E-state index in [1.807, 2.05) is 30.3 Å². The van der Waals surface area contributed by atoms with Gasteiger partial charge in [0.2, 0.25) is 0 Å². The minimum atomic E-state index is -2.80. The number of benzene rings is 1. The van der Waals surface area contributed by atoms with E-state index in [4.69, 9.17) is 4.74 Å². The molecule has 1 aliphatic carbocycles. The van der Waals surface area contributed by atoms with Gasteiger partial charge in [0.25, 0.3) is 0 Å². The van der Waals surface area contributed by atoms with E-state index in [2.05, 4.69) is 4.74 Å². The van der Waals surface area contributed by atoms with Crippen molar-refractivity contribution in [3.05, 3.63) is 35.9 Å². The molecule has 0 aromatic heterocycles. The number of alkyl halides is 2. The van der Waals surface area contributed by atoms with E-state index in [-0.39, 0.29) is 31.3 Å². The lowest BCUT2D eigenvalue weighted by Gasteiger charge is -2.42. The summed E-state index contributed by atoms with van der Waals surface area (Å²) in [4.78, 5) is 11.7. The molecule has 0 aliphatic heterocycles. The van der Waals surface area contributed by atoms with E-state index in [0.717, 1.165) is 5.56 Å². The van der Waals surface area contributed by atoms with Crippen LogP contribution >= 0.6 is 0 Å². The number of ether oxygens (including phenoxy) is 2. The molecule has 1 aliphatic rings. The summed E-state index contributed by atoms with van der Waals surface area (Å²) < 4.78 is 33.8. The zero-order valence-corrected chi connectivity index (χ0v) is 10.6. The number of hydrogen-bond donors (Lipinski definition) is 0. The fourth-order valence-corrected chi connectivity index (χ4v) is 2.31. The lowest BCUT2D eigenvalue weighted by atomic mass is 9.72. The molecule has 104 valence electrons. The molecule has 1 fully saturated rings. The topological polar surface area (TPSA) is 35.5 Å². The van der Waals surface area contributed by atoms with E-state index in [9.17, 15) is 13.6 Å². The Kier molecular flexibility index (Phi) is 4.14. The maximum absolute atomic E-state index is 12.1. The molecule has 0 amide bonds. The van der Waals surface area contributed by atoms with Crippen LogP contribution in [0.5, 0.6) is 0 Å². The van der Waals surface area contributed by atoms with Crippen LogP contribution in [0.15, 0.2) is 30.3 Å². The molecule has 0 unspecified atom stereocenters. The molecule has 0 N–H and O–H groups in total. The number of halogens is 2. The molecule has 0 atom stereocenters. The monoisotopic (exact) mass is 270 g/mol. The highest BCUT2D eigenvalue weighted by Crippen LogP contribution is 2.42. The van der Waals surface area contributed by atoms with E-state index < -0.39 is 12.2 Å². The van der Waals surface area contributed by atoms with Gasteiger partial charge in [-0.05, 0) is 25.3 Å². The number of esters is 1. The van der Waals surface area contributed by atoms with Gasteiger partial charge in [0.05, 0.1) is 11.5 Å². The van der Waals surface area contributed by atoms with Crippen molar-refractivity contribution in [1.82, 2.24) is 0 Å². The van der Waals surface area contributed by atoms with Gasteiger partial charge >= 0.3 is 12.6 Å². The average Bonchev–Trinajstić information content (AvgIpc) is 2.33. The maximum atomic E-state index is 12.1. The summed E-state index contributed by atoms with van der Waals surface area (Å²) in [7, 11) is 0. The first-order valence-electron chi connectivity index (χ1n) is 6.15. The van der Waals surface area contributed by atoms with Crippen LogP contribution < -0.4 is 0 Å². The van der Waals surface area contributed by atoms with E-state index in [1.54, 1.807) is 6.92 Å². The van der Waals surface area contributed by atoms with Gasteiger partial charge in [-0.25, -0.2) is 0 Å². The van der Waals surface area contributed by atoms with Gasteiger partial charge in [-0.1, -0.05) is 30.3 Å². The van der Waals surface area contributed by atoms with Crippen LogP contribution in [0.4, 0.5) is 8.78 Å². The first kappa shape index (κ1) is 13.9. The summed E-state index contributed by atoms with van der Waals surface area (Å²) in [6, 6.07) is 9.32. The van der Waals surface area contributed by atoms with E-state index in [0.29, 0.717) is 0 Å². The lowest BCUT2D eigenvalue weighted by molar-refractivity contribution is -0.241. The Morgan fingerprint density at radius 1 is 1.37 bits per heavy atom. The quantitative estimate of drug-likeness (QED) is 0.771. The van der Waals surface area contributed by atoms with Gasteiger partial charge in [0.15, 0.2) is 0 Å². The van der Waals surface area contributed by atoms with Crippen molar-refractivity contribution >= 4 is 5.97 Å². The Balaban J connectivity index is 1.75. The molecule has 2 rings (SSSR count). The first-order valence-corrected chi connectivity index (χ1v) is 6.15. The van der Waals surface area contributed by atoms with Gasteiger partial charge < -0.3 is 9.47 Å². The van der Waals surface area contributed by atoms with Crippen molar-refractivity contribution in [3.8, 4) is 0 Å². The zero-order valence-electron chi connectivity index (χ0n) is 10.6. The van der Waals surface area contributed by atoms with Gasteiger partial charge in [-0.3, -0.25) is 4.79 Å². The van der Waals surface area contributed by atoms with Crippen molar-refractivity contribution < 1.29 is 23.0 Å². The second-order valence-corrected chi connectivity index (χ2v) is 5.03. The molecular weight excluding hydrogens is 254 g/mol. The van der Waals surface area contributed by atoms with E-state index >= 15 is 0 Å². The van der Waals surface area contributed by atoms with Crippen LogP contribution in [0.2, 0.25) is 0 Å². The highest BCUT2D eigenvalue weighted by atomic mass is 19.3. The summed E-state index contributed by atoms with van der Waals surface area (Å²) in [6.45, 7) is -1.01. The van der Waals surface area contributed by atoms with Crippen molar-refractivity contribution in [2.75, 3.05) is 0 Å². The average molecular weight is 270 g/mol. The van der Waals surface area contributed by atoms with Gasteiger partial charge in [0.1, 0.15) is 6.61 Å². The molecule has 3 nitrogen and oxygen atoms in total. The van der Waals surface area contributed by atoms with Crippen LogP contribution in [0, 0.1) is 5.92 Å². The molecule has 0 spiro atoms. The van der Waals surface area contributed by atoms with Crippen molar-refractivity contribution in [1.29, 1.82) is 0 Å². The highest BCUT2D eigenvalue weighted by Gasteiger charge is 2.47. The van der Waals surface area contributed by atoms with E-state index in [1.165, 1.54) is 0 Å². The molecule has 0 heterocycles. The predicted octanol–water partition coefficient (Wildman–Crippen LogP) is 3.14.